The zero-order valence-corrected chi connectivity index (χ0v) is 19.4. The van der Waals surface area contributed by atoms with Gasteiger partial charge in [0, 0.05) is 34.2 Å². The molecule has 1 atom stereocenters. The molecule has 2 aromatic carbocycles. The van der Waals surface area contributed by atoms with Crippen LogP contribution in [0.2, 0.25) is 0 Å². The van der Waals surface area contributed by atoms with E-state index >= 15 is 0 Å². The van der Waals surface area contributed by atoms with Crippen molar-refractivity contribution in [3.63, 3.8) is 0 Å². The topological polar surface area (TPSA) is 177 Å². The molecule has 3 rings (SSSR count). The summed E-state index contributed by atoms with van der Waals surface area (Å²) in [6.45, 7) is -0.877. The van der Waals surface area contributed by atoms with Gasteiger partial charge in [-0.2, -0.15) is 0 Å². The zero-order chi connectivity index (χ0) is 25.5. The van der Waals surface area contributed by atoms with Crippen molar-refractivity contribution in [2.75, 3.05) is 13.2 Å². The van der Waals surface area contributed by atoms with E-state index in [1.165, 1.54) is 24.3 Å². The van der Waals surface area contributed by atoms with Gasteiger partial charge >= 0.3 is 5.97 Å². The molecule has 0 unspecified atom stereocenters. The van der Waals surface area contributed by atoms with Gasteiger partial charge in [0.1, 0.15) is 0 Å². The first kappa shape index (κ1) is 25.3. The highest BCUT2D eigenvalue weighted by molar-refractivity contribution is 9.10. The third-order valence-corrected chi connectivity index (χ3v) is 5.33. The molecule has 182 valence electrons. The van der Waals surface area contributed by atoms with Gasteiger partial charge in [0.15, 0.2) is 6.61 Å². The summed E-state index contributed by atoms with van der Waals surface area (Å²) in [6.07, 6.45) is -0.249. The van der Waals surface area contributed by atoms with Crippen LogP contribution < -0.4 is 16.3 Å². The molecule has 0 spiro atoms. The Kier molecular flexibility index (Phi) is 8.09. The van der Waals surface area contributed by atoms with Crippen LogP contribution in [-0.2, 0) is 19.1 Å². The molecule has 1 saturated heterocycles. The highest BCUT2D eigenvalue weighted by atomic mass is 79.9. The van der Waals surface area contributed by atoms with Crippen LogP contribution in [0.4, 0.5) is 5.69 Å². The van der Waals surface area contributed by atoms with Crippen LogP contribution in [0, 0.1) is 16.0 Å². The Balaban J connectivity index is 1.43. The second-order valence-electron chi connectivity index (χ2n) is 7.27. The SMILES string of the molecule is O=C(COC(=O)[C@H]1CC(=O)N(NC(=O)c2ccc([N+](=O)[O-])cc2)C1)NNC(=O)c1ccc(Br)cc1. The van der Waals surface area contributed by atoms with Crippen molar-refractivity contribution in [2.24, 2.45) is 5.92 Å². The second-order valence-corrected chi connectivity index (χ2v) is 8.18. The molecule has 14 heteroatoms. The van der Waals surface area contributed by atoms with E-state index in [-0.39, 0.29) is 24.2 Å². The van der Waals surface area contributed by atoms with Crippen molar-refractivity contribution in [2.45, 2.75) is 6.42 Å². The van der Waals surface area contributed by atoms with Crippen LogP contribution in [0.3, 0.4) is 0 Å². The number of hydrogen-bond acceptors (Lipinski definition) is 8. The normalized spacial score (nSPS) is 14.7. The number of carbonyl (C=O) groups excluding carboxylic acids is 5. The van der Waals surface area contributed by atoms with E-state index in [0.29, 0.717) is 5.56 Å². The van der Waals surface area contributed by atoms with Crippen molar-refractivity contribution in [3.8, 4) is 0 Å². The van der Waals surface area contributed by atoms with Crippen molar-refractivity contribution < 1.29 is 33.6 Å². The summed E-state index contributed by atoms with van der Waals surface area (Å²) in [5, 5.41) is 11.6. The van der Waals surface area contributed by atoms with Crippen LogP contribution in [0.25, 0.3) is 0 Å². The number of carbonyl (C=O) groups is 5. The van der Waals surface area contributed by atoms with E-state index in [1.807, 2.05) is 0 Å². The van der Waals surface area contributed by atoms with Crippen molar-refractivity contribution in [1.82, 2.24) is 21.3 Å². The fourth-order valence-corrected chi connectivity index (χ4v) is 3.25. The summed E-state index contributed by atoms with van der Waals surface area (Å²) < 4.78 is 5.68. The van der Waals surface area contributed by atoms with Gasteiger partial charge in [-0.3, -0.25) is 55.4 Å². The number of esters is 1. The summed E-state index contributed by atoms with van der Waals surface area (Å²) in [5.74, 6) is -4.37. The number of halogens is 1. The van der Waals surface area contributed by atoms with Crippen LogP contribution in [0.5, 0.6) is 0 Å². The molecule has 1 heterocycles. The Labute approximate surface area is 206 Å². The van der Waals surface area contributed by atoms with Gasteiger partial charge in [-0.15, -0.1) is 0 Å². The fraction of sp³-hybridized carbons (Fsp3) is 0.190. The number of ether oxygens (including phenoxy) is 1. The summed E-state index contributed by atoms with van der Waals surface area (Å²) >= 11 is 3.24. The molecule has 1 aliphatic rings. The van der Waals surface area contributed by atoms with Gasteiger partial charge in [0.25, 0.3) is 23.4 Å². The molecule has 4 amide bonds. The number of benzene rings is 2. The number of non-ortho nitro benzene ring substituents is 1. The zero-order valence-electron chi connectivity index (χ0n) is 17.9. The molecule has 35 heavy (non-hydrogen) atoms. The van der Waals surface area contributed by atoms with Crippen molar-refractivity contribution >= 4 is 51.2 Å². The predicted molar refractivity (Wildman–Crippen MR) is 121 cm³/mol. The quantitative estimate of drug-likeness (QED) is 0.259. The molecule has 0 radical (unpaired) electrons. The van der Waals surface area contributed by atoms with E-state index in [4.69, 9.17) is 4.74 Å². The van der Waals surface area contributed by atoms with E-state index in [1.54, 1.807) is 12.1 Å². The van der Waals surface area contributed by atoms with E-state index in [2.05, 4.69) is 32.2 Å². The van der Waals surface area contributed by atoms with Gasteiger partial charge in [0.05, 0.1) is 17.4 Å². The molecular formula is C21H18BrN5O8. The third-order valence-electron chi connectivity index (χ3n) is 4.80. The number of hydrogen-bond donors (Lipinski definition) is 3. The average Bonchev–Trinajstić information content (AvgIpc) is 3.21. The Morgan fingerprint density at radius 3 is 2.23 bits per heavy atom. The predicted octanol–water partition coefficient (Wildman–Crippen LogP) is 0.855. The molecule has 2 aromatic rings. The number of nitrogens with zero attached hydrogens (tertiary/aromatic N) is 2. The molecule has 0 aromatic heterocycles. The first-order chi connectivity index (χ1) is 16.6. The molecule has 0 saturated carbocycles. The van der Waals surface area contributed by atoms with E-state index < -0.39 is 47.0 Å². The summed E-state index contributed by atoms with van der Waals surface area (Å²) in [5.41, 5.74) is 6.80. The Morgan fingerprint density at radius 1 is 1.00 bits per heavy atom. The Hall–Kier alpha value is -4.33. The van der Waals surface area contributed by atoms with Gasteiger partial charge in [0.2, 0.25) is 5.91 Å². The lowest BCUT2D eigenvalue weighted by molar-refractivity contribution is -0.384. The lowest BCUT2D eigenvalue weighted by Gasteiger charge is -2.17. The highest BCUT2D eigenvalue weighted by Gasteiger charge is 2.36. The summed E-state index contributed by atoms with van der Waals surface area (Å²) in [6, 6.07) is 11.1. The molecule has 1 fully saturated rings. The Bertz CT molecular complexity index is 1170. The lowest BCUT2D eigenvalue weighted by atomic mass is 10.1. The molecular weight excluding hydrogens is 530 g/mol. The first-order valence-corrected chi connectivity index (χ1v) is 10.8. The number of rotatable bonds is 7. The number of hydrazine groups is 2. The van der Waals surface area contributed by atoms with Crippen molar-refractivity contribution in [3.05, 3.63) is 74.2 Å². The van der Waals surface area contributed by atoms with E-state index in [0.717, 1.165) is 21.6 Å². The summed E-state index contributed by atoms with van der Waals surface area (Å²) in [7, 11) is 0. The third kappa shape index (κ3) is 6.83. The van der Waals surface area contributed by atoms with Crippen LogP contribution >= 0.6 is 15.9 Å². The maximum absolute atomic E-state index is 12.3. The van der Waals surface area contributed by atoms with E-state index in [9.17, 15) is 34.1 Å². The standard InChI is InChI=1S/C21H18BrN5O8/c22-15-5-1-12(2-6-15)19(30)24-23-17(28)11-35-21(32)14-9-18(29)26(10-14)25-20(31)13-3-7-16(8-4-13)27(33)34/h1-8,14H,9-11H2,(H,23,28)(H,24,30)(H,25,31)/t14-/m0/s1. The first-order valence-electron chi connectivity index (χ1n) is 10.0. The molecule has 0 bridgehead atoms. The number of nitro benzene ring substituents is 1. The van der Waals surface area contributed by atoms with Crippen LogP contribution in [0.15, 0.2) is 53.0 Å². The monoisotopic (exact) mass is 547 g/mol. The van der Waals surface area contributed by atoms with Crippen LogP contribution in [0.1, 0.15) is 27.1 Å². The smallest absolute Gasteiger partial charge is 0.311 e. The molecule has 3 N–H and O–H groups in total. The highest BCUT2D eigenvalue weighted by Crippen LogP contribution is 2.18. The van der Waals surface area contributed by atoms with Crippen molar-refractivity contribution in [1.29, 1.82) is 0 Å². The largest absolute Gasteiger partial charge is 0.455 e. The maximum atomic E-state index is 12.3. The summed E-state index contributed by atoms with van der Waals surface area (Å²) in [4.78, 5) is 70.6. The minimum absolute atomic E-state index is 0.0799. The molecule has 1 aliphatic heterocycles. The van der Waals surface area contributed by atoms with Crippen LogP contribution in [-0.4, -0.2) is 52.7 Å². The molecule has 13 nitrogen and oxygen atoms in total. The second kappa shape index (κ2) is 11.2. The maximum Gasteiger partial charge on any atom is 0.311 e. The number of amides is 4. The lowest BCUT2D eigenvalue weighted by Crippen LogP contribution is -2.44. The molecule has 0 aliphatic carbocycles. The minimum Gasteiger partial charge on any atom is -0.455 e. The minimum atomic E-state index is -0.926. The fourth-order valence-electron chi connectivity index (χ4n) is 2.99. The van der Waals surface area contributed by atoms with Gasteiger partial charge in [-0.25, -0.2) is 0 Å². The Morgan fingerprint density at radius 2 is 1.60 bits per heavy atom. The van der Waals surface area contributed by atoms with Gasteiger partial charge in [-0.05, 0) is 36.4 Å². The van der Waals surface area contributed by atoms with Gasteiger partial charge in [-0.1, -0.05) is 15.9 Å². The average molecular weight is 548 g/mol. The van der Waals surface area contributed by atoms with Gasteiger partial charge < -0.3 is 4.74 Å². The number of nitrogens with one attached hydrogen (secondary N) is 3. The number of nitro groups is 1.